The van der Waals surface area contributed by atoms with Gasteiger partial charge < -0.3 is 15.0 Å². The molecule has 35 heavy (non-hydrogen) atoms. The number of carbonyl (C=O) groups excluding carboxylic acids is 2. The van der Waals surface area contributed by atoms with Crippen LogP contribution in [0.4, 0.5) is 4.79 Å². The Bertz CT molecular complexity index is 1280. The zero-order chi connectivity index (χ0) is 24.7. The van der Waals surface area contributed by atoms with E-state index in [0.29, 0.717) is 30.6 Å². The Hall–Kier alpha value is -3.01. The van der Waals surface area contributed by atoms with Gasteiger partial charge in [0.25, 0.3) is 0 Å². The van der Waals surface area contributed by atoms with Gasteiger partial charge >= 0.3 is 6.03 Å². The third-order valence-electron chi connectivity index (χ3n) is 6.72. The van der Waals surface area contributed by atoms with Gasteiger partial charge in [0, 0.05) is 55.8 Å². The monoisotopic (exact) mass is 496 g/mol. The number of aromatic nitrogens is 3. The molecule has 5 rings (SSSR count). The standard InChI is InChI=1S/C25H29ClN6O3/c1-15-6-18(26)8-21(20(15)9-19-10-27-16(2)13-35-19)24-22-7-17(12-32(22)29-14-28-24)11-31-23(33)4-5-30(3)25(31)34/h6-8,12,14,16,19,27H,4-5,9-11,13H2,1-3H3/t16-,19?/m0/s1. The molecule has 0 spiro atoms. The zero-order valence-electron chi connectivity index (χ0n) is 20.1. The Kier molecular flexibility index (Phi) is 6.48. The summed E-state index contributed by atoms with van der Waals surface area (Å²) in [6.07, 6.45) is 4.45. The van der Waals surface area contributed by atoms with Gasteiger partial charge in [-0.05, 0) is 48.7 Å². The first-order valence-electron chi connectivity index (χ1n) is 11.8. The molecule has 1 N–H and O–H groups in total. The molecule has 1 unspecified atom stereocenters. The van der Waals surface area contributed by atoms with Crippen LogP contribution in [0.2, 0.25) is 5.02 Å². The van der Waals surface area contributed by atoms with Crippen molar-refractivity contribution in [2.45, 2.75) is 45.4 Å². The number of amides is 3. The lowest BCUT2D eigenvalue weighted by Gasteiger charge is -2.31. The number of nitrogens with zero attached hydrogens (tertiary/aromatic N) is 5. The number of imide groups is 1. The summed E-state index contributed by atoms with van der Waals surface area (Å²) in [6, 6.07) is 5.89. The van der Waals surface area contributed by atoms with E-state index in [1.165, 1.54) is 11.2 Å². The van der Waals surface area contributed by atoms with E-state index < -0.39 is 0 Å². The SMILES string of the molecule is Cc1cc(Cl)cc(-c2ncnn3cc(CN4C(=O)CCN(C)C4=O)cc23)c1CC1CN[C@@H](C)CO1. The lowest BCUT2D eigenvalue weighted by molar-refractivity contribution is -0.131. The van der Waals surface area contributed by atoms with Gasteiger partial charge in [-0.2, -0.15) is 5.10 Å². The van der Waals surface area contributed by atoms with Gasteiger partial charge in [0.15, 0.2) is 0 Å². The summed E-state index contributed by atoms with van der Waals surface area (Å²) in [5, 5.41) is 8.49. The molecule has 0 radical (unpaired) electrons. The minimum atomic E-state index is -0.286. The molecule has 0 bridgehead atoms. The summed E-state index contributed by atoms with van der Waals surface area (Å²) in [5.41, 5.74) is 5.47. The third kappa shape index (κ3) is 4.76. The highest BCUT2D eigenvalue weighted by molar-refractivity contribution is 6.31. The van der Waals surface area contributed by atoms with Crippen LogP contribution in [-0.4, -0.2) is 75.2 Å². The number of hydrogen-bond acceptors (Lipinski definition) is 6. The fourth-order valence-electron chi connectivity index (χ4n) is 4.77. The van der Waals surface area contributed by atoms with E-state index >= 15 is 0 Å². The second-order valence-electron chi connectivity index (χ2n) is 9.44. The minimum Gasteiger partial charge on any atom is -0.375 e. The number of rotatable bonds is 5. The van der Waals surface area contributed by atoms with Crippen LogP contribution in [0.5, 0.6) is 0 Å². The van der Waals surface area contributed by atoms with Crippen LogP contribution < -0.4 is 5.32 Å². The van der Waals surface area contributed by atoms with E-state index in [9.17, 15) is 9.59 Å². The molecule has 2 saturated heterocycles. The lowest BCUT2D eigenvalue weighted by atomic mass is 9.93. The smallest absolute Gasteiger partial charge is 0.326 e. The first-order valence-corrected chi connectivity index (χ1v) is 12.2. The average molecular weight is 497 g/mol. The Morgan fingerprint density at radius 2 is 2.09 bits per heavy atom. The first-order chi connectivity index (χ1) is 16.8. The predicted octanol–water partition coefficient (Wildman–Crippen LogP) is 3.06. The largest absolute Gasteiger partial charge is 0.375 e. The topological polar surface area (TPSA) is 92.1 Å². The quantitative estimate of drug-likeness (QED) is 0.583. The molecular formula is C25H29ClN6O3. The van der Waals surface area contributed by atoms with E-state index in [2.05, 4.69) is 29.2 Å². The lowest BCUT2D eigenvalue weighted by Crippen LogP contribution is -2.50. The van der Waals surface area contributed by atoms with Gasteiger partial charge in [-0.25, -0.2) is 14.3 Å². The summed E-state index contributed by atoms with van der Waals surface area (Å²) >= 11 is 6.48. The molecule has 2 fully saturated rings. The molecule has 10 heteroatoms. The minimum absolute atomic E-state index is 0.0538. The number of nitrogens with one attached hydrogen (secondary N) is 1. The van der Waals surface area contributed by atoms with E-state index in [4.69, 9.17) is 16.3 Å². The van der Waals surface area contributed by atoms with Gasteiger partial charge in [0.2, 0.25) is 5.91 Å². The summed E-state index contributed by atoms with van der Waals surface area (Å²) in [4.78, 5) is 32.4. The van der Waals surface area contributed by atoms with Crippen LogP contribution in [0.25, 0.3) is 16.8 Å². The van der Waals surface area contributed by atoms with Crippen LogP contribution in [0.15, 0.2) is 30.7 Å². The molecule has 1 aromatic carbocycles. The third-order valence-corrected chi connectivity index (χ3v) is 6.94. The molecule has 4 heterocycles. The summed E-state index contributed by atoms with van der Waals surface area (Å²) in [7, 11) is 1.71. The van der Waals surface area contributed by atoms with Crippen molar-refractivity contribution in [1.29, 1.82) is 0 Å². The number of carbonyl (C=O) groups is 2. The zero-order valence-corrected chi connectivity index (χ0v) is 20.9. The van der Waals surface area contributed by atoms with E-state index in [1.54, 1.807) is 16.5 Å². The van der Waals surface area contributed by atoms with E-state index in [1.807, 2.05) is 24.4 Å². The molecule has 0 aliphatic carbocycles. The predicted molar refractivity (Wildman–Crippen MR) is 132 cm³/mol. The van der Waals surface area contributed by atoms with Crippen molar-refractivity contribution in [2.75, 3.05) is 26.7 Å². The Morgan fingerprint density at radius 1 is 1.26 bits per heavy atom. The first kappa shape index (κ1) is 23.7. The van der Waals surface area contributed by atoms with Gasteiger partial charge in [0.1, 0.15) is 6.33 Å². The van der Waals surface area contributed by atoms with Gasteiger partial charge in [-0.3, -0.25) is 9.69 Å². The molecule has 3 amide bonds. The van der Waals surface area contributed by atoms with Crippen LogP contribution >= 0.6 is 11.6 Å². The maximum Gasteiger partial charge on any atom is 0.326 e. The second kappa shape index (κ2) is 9.56. The molecule has 9 nitrogen and oxygen atoms in total. The maximum atomic E-state index is 12.5. The molecule has 2 aliphatic heterocycles. The maximum absolute atomic E-state index is 12.5. The van der Waals surface area contributed by atoms with Crippen molar-refractivity contribution >= 4 is 29.1 Å². The summed E-state index contributed by atoms with van der Waals surface area (Å²) in [5.74, 6) is -0.169. The number of hydrogen-bond donors (Lipinski definition) is 1. The van der Waals surface area contributed by atoms with Gasteiger partial charge in [0.05, 0.1) is 30.5 Å². The van der Waals surface area contributed by atoms with Crippen LogP contribution in [-0.2, 0) is 22.5 Å². The number of morpholine rings is 1. The summed E-state index contributed by atoms with van der Waals surface area (Å²) in [6.45, 7) is 6.25. The fourth-order valence-corrected chi connectivity index (χ4v) is 5.04. The normalized spacial score (nSPS) is 21.3. The second-order valence-corrected chi connectivity index (χ2v) is 9.87. The summed E-state index contributed by atoms with van der Waals surface area (Å²) < 4.78 is 7.81. The Balaban J connectivity index is 1.51. The number of benzene rings is 1. The Morgan fingerprint density at radius 3 is 2.86 bits per heavy atom. The van der Waals surface area contributed by atoms with Crippen molar-refractivity contribution in [2.24, 2.45) is 0 Å². The molecule has 0 saturated carbocycles. The highest BCUT2D eigenvalue weighted by Crippen LogP contribution is 2.33. The molecule has 3 aromatic rings. The molecular weight excluding hydrogens is 468 g/mol. The number of ether oxygens (including phenoxy) is 1. The van der Waals surface area contributed by atoms with Crippen molar-refractivity contribution in [3.63, 3.8) is 0 Å². The van der Waals surface area contributed by atoms with E-state index in [-0.39, 0.29) is 24.6 Å². The molecule has 2 aromatic heterocycles. The van der Waals surface area contributed by atoms with Crippen molar-refractivity contribution in [1.82, 2.24) is 29.7 Å². The van der Waals surface area contributed by atoms with Crippen molar-refractivity contribution < 1.29 is 14.3 Å². The average Bonchev–Trinajstić information content (AvgIpc) is 3.25. The highest BCUT2D eigenvalue weighted by Gasteiger charge is 2.30. The highest BCUT2D eigenvalue weighted by atomic mass is 35.5. The fraction of sp³-hybridized carbons (Fsp3) is 0.440. The number of urea groups is 1. The van der Waals surface area contributed by atoms with Crippen molar-refractivity contribution in [3.8, 4) is 11.3 Å². The van der Waals surface area contributed by atoms with Crippen LogP contribution in [0.3, 0.4) is 0 Å². The molecule has 2 aliphatic rings. The van der Waals surface area contributed by atoms with Crippen molar-refractivity contribution in [3.05, 3.63) is 52.4 Å². The molecule has 2 atom stereocenters. The van der Waals surface area contributed by atoms with Crippen LogP contribution in [0, 0.1) is 6.92 Å². The van der Waals surface area contributed by atoms with E-state index in [0.717, 1.165) is 46.4 Å². The number of aryl methyl sites for hydroxylation is 1. The number of fused-ring (bicyclic) bond motifs is 1. The van der Waals surface area contributed by atoms with Crippen LogP contribution in [0.1, 0.15) is 30.0 Å². The molecule has 184 valence electrons. The van der Waals surface area contributed by atoms with Gasteiger partial charge in [-0.15, -0.1) is 0 Å². The van der Waals surface area contributed by atoms with Gasteiger partial charge in [-0.1, -0.05) is 11.6 Å². The Labute approximate surface area is 209 Å². The number of halogens is 1.